The molecule has 1 aliphatic carbocycles. The maximum atomic E-state index is 17.1. The molecule has 3 saturated heterocycles. The molecule has 13 heteroatoms. The van der Waals surface area contributed by atoms with E-state index in [0.717, 1.165) is 25.8 Å². The number of benzene rings is 2. The number of ether oxygens (including phenoxy) is 2. The second-order valence-corrected chi connectivity index (χ2v) is 14.1. The van der Waals surface area contributed by atoms with Gasteiger partial charge in [-0.05, 0) is 84.7 Å². The van der Waals surface area contributed by atoms with Crippen molar-refractivity contribution in [1.29, 1.82) is 0 Å². The predicted octanol–water partition coefficient (Wildman–Crippen LogP) is 6.04. The standard InChI is InChI=1S/C36H38F3N5O5/c1-2-24-27(38)5-4-21-9-20(17-48-35(46)47)10-25(29(21)24)31-30(39)32-26(13-40-31)33(43-14-19-8-22(15-43)28(45)11-19)42-34(41-32)49-18-36-6-3-7-44(36)16-23(37)12-36/h4-5,9-10,13,19,22-23,28,45H,2-3,6-8,11-12,14-18H2,1H3,(H,46,47)/t19-,22-,23-,28-,36+/m1/s1. The highest BCUT2D eigenvalue weighted by atomic mass is 19.1. The molecule has 5 heterocycles. The summed E-state index contributed by atoms with van der Waals surface area (Å²) in [6.45, 7) is 3.99. The number of fused-ring (bicyclic) bond motifs is 5. The molecule has 49 heavy (non-hydrogen) atoms. The molecule has 0 amide bonds. The third kappa shape index (κ3) is 5.60. The van der Waals surface area contributed by atoms with Crippen molar-refractivity contribution >= 4 is 33.6 Å². The van der Waals surface area contributed by atoms with Crippen LogP contribution in [0.3, 0.4) is 0 Å². The van der Waals surface area contributed by atoms with Crippen molar-refractivity contribution in [2.45, 2.75) is 69.9 Å². The summed E-state index contributed by atoms with van der Waals surface area (Å²) in [6, 6.07) is 6.14. The molecule has 258 valence electrons. The number of alkyl halides is 1. The van der Waals surface area contributed by atoms with E-state index < -0.39 is 35.6 Å². The van der Waals surface area contributed by atoms with Crippen molar-refractivity contribution in [1.82, 2.24) is 19.9 Å². The Labute approximate surface area is 280 Å². The summed E-state index contributed by atoms with van der Waals surface area (Å²) in [5, 5.41) is 21.2. The monoisotopic (exact) mass is 677 g/mol. The summed E-state index contributed by atoms with van der Waals surface area (Å²) in [7, 11) is 0. The van der Waals surface area contributed by atoms with Gasteiger partial charge in [-0.3, -0.25) is 9.88 Å². The van der Waals surface area contributed by atoms with Crippen LogP contribution < -0.4 is 9.64 Å². The third-order valence-electron chi connectivity index (χ3n) is 11.1. The van der Waals surface area contributed by atoms with Crippen molar-refractivity contribution in [3.05, 3.63) is 53.2 Å². The number of hydrogen-bond donors (Lipinski definition) is 2. The Kier molecular flexibility index (Phi) is 8.02. The fraction of sp³-hybridized carbons (Fsp3) is 0.500. The molecule has 4 aromatic rings. The average Bonchev–Trinajstić information content (AvgIpc) is 3.70. The van der Waals surface area contributed by atoms with Gasteiger partial charge < -0.3 is 24.6 Å². The first-order valence-corrected chi connectivity index (χ1v) is 17.0. The van der Waals surface area contributed by atoms with Gasteiger partial charge in [-0.25, -0.2) is 18.0 Å². The lowest BCUT2D eigenvalue weighted by molar-refractivity contribution is 0.0854. The zero-order chi connectivity index (χ0) is 34.0. The van der Waals surface area contributed by atoms with Crippen LogP contribution >= 0.6 is 0 Å². The minimum Gasteiger partial charge on any atom is -0.461 e. The summed E-state index contributed by atoms with van der Waals surface area (Å²) in [6.07, 6.45) is 2.71. The Balaban J connectivity index is 1.27. The number of pyridine rings is 1. The summed E-state index contributed by atoms with van der Waals surface area (Å²) >= 11 is 0. The van der Waals surface area contributed by atoms with Crippen molar-refractivity contribution in [2.75, 3.05) is 37.7 Å². The third-order valence-corrected chi connectivity index (χ3v) is 11.1. The predicted molar refractivity (Wildman–Crippen MR) is 175 cm³/mol. The van der Waals surface area contributed by atoms with E-state index in [4.69, 9.17) is 19.6 Å². The van der Waals surface area contributed by atoms with Gasteiger partial charge in [0.1, 0.15) is 42.2 Å². The molecule has 1 saturated carbocycles. The number of anilines is 1. The van der Waals surface area contributed by atoms with Crippen LogP contribution in [0.15, 0.2) is 30.5 Å². The quantitative estimate of drug-likeness (QED) is 0.214. The topological polar surface area (TPSA) is 121 Å². The molecule has 2 aromatic carbocycles. The SMILES string of the molecule is CCc1c(F)ccc2cc(COC(=O)O)cc(-c3ncc4c(N5C[C@@H]6C[C@H](C5)[C@H](O)C6)nc(OC[C@@]56CCCN5C[C@H](F)C6)nc4c3F)c12. The van der Waals surface area contributed by atoms with Gasteiger partial charge in [-0.15, -0.1) is 0 Å². The number of aliphatic hydroxyl groups excluding tert-OH is 1. The number of aryl methyl sites for hydroxylation is 1. The van der Waals surface area contributed by atoms with E-state index in [1.54, 1.807) is 25.1 Å². The van der Waals surface area contributed by atoms with Crippen molar-refractivity contribution in [2.24, 2.45) is 11.8 Å². The molecule has 2 aromatic heterocycles. The van der Waals surface area contributed by atoms with Crippen LogP contribution in [0.25, 0.3) is 32.9 Å². The number of piperidine rings is 1. The fourth-order valence-corrected chi connectivity index (χ4v) is 8.90. The number of aliphatic hydroxyl groups is 1. The van der Waals surface area contributed by atoms with E-state index in [2.05, 4.69) is 14.9 Å². The number of rotatable bonds is 8. The highest BCUT2D eigenvalue weighted by Gasteiger charge is 2.49. The minimum atomic E-state index is -1.46. The number of carbonyl (C=O) groups is 1. The Morgan fingerprint density at radius 3 is 2.80 bits per heavy atom. The Morgan fingerprint density at radius 2 is 2.00 bits per heavy atom. The highest BCUT2D eigenvalue weighted by molar-refractivity contribution is 6.01. The number of nitrogens with zero attached hydrogens (tertiary/aromatic N) is 5. The van der Waals surface area contributed by atoms with E-state index in [1.807, 2.05) is 4.90 Å². The van der Waals surface area contributed by atoms with Gasteiger partial charge in [0.05, 0.1) is 17.0 Å². The Bertz CT molecular complexity index is 1960. The zero-order valence-corrected chi connectivity index (χ0v) is 27.2. The summed E-state index contributed by atoms with van der Waals surface area (Å²) in [5.41, 5.74) is 0.506. The van der Waals surface area contributed by atoms with Gasteiger partial charge in [-0.2, -0.15) is 9.97 Å². The lowest BCUT2D eigenvalue weighted by atomic mass is 9.93. The fourth-order valence-electron chi connectivity index (χ4n) is 8.90. The summed E-state index contributed by atoms with van der Waals surface area (Å²) in [5.74, 6) is -0.445. The molecular weight excluding hydrogens is 639 g/mol. The van der Waals surface area contributed by atoms with Crippen molar-refractivity contribution in [3.63, 3.8) is 0 Å². The maximum Gasteiger partial charge on any atom is 0.506 e. The second-order valence-electron chi connectivity index (χ2n) is 14.1. The van der Waals surface area contributed by atoms with Crippen LogP contribution in [-0.2, 0) is 17.8 Å². The average molecular weight is 678 g/mol. The summed E-state index contributed by atoms with van der Waals surface area (Å²) in [4.78, 5) is 29.3. The Morgan fingerprint density at radius 1 is 1.14 bits per heavy atom. The van der Waals surface area contributed by atoms with Gasteiger partial charge in [0, 0.05) is 43.7 Å². The molecule has 2 bridgehead atoms. The maximum absolute atomic E-state index is 17.1. The number of carboxylic acid groups (broad SMARTS) is 1. The molecule has 0 spiro atoms. The van der Waals surface area contributed by atoms with Gasteiger partial charge in [0.25, 0.3) is 0 Å². The molecule has 0 radical (unpaired) electrons. The van der Waals surface area contributed by atoms with E-state index >= 15 is 8.78 Å². The van der Waals surface area contributed by atoms with Gasteiger partial charge in [0.15, 0.2) is 5.82 Å². The van der Waals surface area contributed by atoms with Crippen LogP contribution in [-0.4, -0.2) is 86.8 Å². The first-order chi connectivity index (χ1) is 23.6. The lowest BCUT2D eigenvalue weighted by Crippen LogP contribution is -2.43. The first-order valence-electron chi connectivity index (χ1n) is 17.0. The van der Waals surface area contributed by atoms with E-state index in [-0.39, 0.29) is 47.8 Å². The molecule has 5 atom stereocenters. The van der Waals surface area contributed by atoms with Crippen LogP contribution in [0, 0.1) is 23.5 Å². The van der Waals surface area contributed by atoms with Crippen LogP contribution in [0.2, 0.25) is 0 Å². The Hall–Kier alpha value is -4.23. The summed E-state index contributed by atoms with van der Waals surface area (Å²) < 4.78 is 57.8. The highest BCUT2D eigenvalue weighted by Crippen LogP contribution is 2.43. The normalized spacial score (nSPS) is 26.5. The molecular formula is C36H38F3N5O5. The molecule has 4 fully saturated rings. The van der Waals surface area contributed by atoms with Crippen LogP contribution in [0.5, 0.6) is 6.01 Å². The van der Waals surface area contributed by atoms with Crippen LogP contribution in [0.4, 0.5) is 23.8 Å². The molecule has 3 aliphatic heterocycles. The molecule has 4 aliphatic rings. The molecule has 10 nitrogen and oxygen atoms in total. The number of aromatic nitrogens is 3. The molecule has 8 rings (SSSR count). The number of halogens is 3. The lowest BCUT2D eigenvalue weighted by Gasteiger charge is -2.34. The first kappa shape index (κ1) is 32.0. The molecule has 0 unspecified atom stereocenters. The minimum absolute atomic E-state index is 0.0330. The van der Waals surface area contributed by atoms with Gasteiger partial charge in [-0.1, -0.05) is 13.0 Å². The van der Waals surface area contributed by atoms with Gasteiger partial charge in [0.2, 0.25) is 0 Å². The smallest absolute Gasteiger partial charge is 0.461 e. The largest absolute Gasteiger partial charge is 0.506 e. The molecule has 2 N–H and O–H groups in total. The van der Waals surface area contributed by atoms with Crippen LogP contribution in [0.1, 0.15) is 50.2 Å². The van der Waals surface area contributed by atoms with Gasteiger partial charge >= 0.3 is 12.2 Å². The van der Waals surface area contributed by atoms with E-state index in [9.17, 15) is 14.3 Å². The van der Waals surface area contributed by atoms with E-state index in [0.29, 0.717) is 72.0 Å². The number of hydrogen-bond acceptors (Lipinski definition) is 9. The van der Waals surface area contributed by atoms with E-state index in [1.165, 1.54) is 12.3 Å². The second kappa shape index (κ2) is 12.3. The van der Waals surface area contributed by atoms with Crippen molar-refractivity contribution in [3.8, 4) is 17.3 Å². The zero-order valence-electron chi connectivity index (χ0n) is 27.2. The van der Waals surface area contributed by atoms with Crippen molar-refractivity contribution < 1.29 is 37.7 Å².